The number of ether oxygens (including phenoxy) is 1. The molecule has 0 aromatic carbocycles. The van der Waals surface area contributed by atoms with Gasteiger partial charge >= 0.3 is 0 Å². The van der Waals surface area contributed by atoms with E-state index in [0.717, 1.165) is 42.7 Å². The van der Waals surface area contributed by atoms with Crippen LogP contribution in [0, 0.1) is 29.1 Å². The predicted molar refractivity (Wildman–Crippen MR) is 106 cm³/mol. The monoisotopic (exact) mass is 380 g/mol. The summed E-state index contributed by atoms with van der Waals surface area (Å²) in [6.45, 7) is 0.513. The van der Waals surface area contributed by atoms with E-state index >= 15 is 0 Å². The van der Waals surface area contributed by atoms with Gasteiger partial charge in [0.2, 0.25) is 5.91 Å². The minimum atomic E-state index is -0.197. The Morgan fingerprint density at radius 2 is 1.89 bits per heavy atom. The molecule has 0 radical (unpaired) electrons. The van der Waals surface area contributed by atoms with E-state index in [1.165, 1.54) is 19.3 Å². The molecule has 0 spiro atoms. The maximum Gasteiger partial charge on any atom is 0.272 e. The van der Waals surface area contributed by atoms with Crippen LogP contribution in [0.4, 0.5) is 0 Å². The number of allylic oxidation sites excluding steroid dienone is 4. The molecule has 2 amide bonds. The Balaban J connectivity index is 1.19. The Kier molecular flexibility index (Phi) is 4.29. The van der Waals surface area contributed by atoms with Crippen LogP contribution in [-0.2, 0) is 14.3 Å². The Labute approximate surface area is 166 Å². The quantitative estimate of drug-likeness (QED) is 0.795. The highest BCUT2D eigenvalue weighted by Gasteiger charge is 2.54. The fourth-order valence-corrected chi connectivity index (χ4v) is 6.52. The standard InChI is InChI=1S/C23H28N2O3/c1-28-19-3-2-17-9-18(21(26)25-20(17)10-19)4-5-24-22(27)23-11-14-6-15(12-23)8-16(7-14)13-23/h2-3,9-10,14-17H,4-8,11-13H2,1H3,(H,24,27). The number of fused-ring (bicyclic) bond motifs is 1. The van der Waals surface area contributed by atoms with Gasteiger partial charge in [-0.25, -0.2) is 4.99 Å². The largest absolute Gasteiger partial charge is 0.497 e. The van der Waals surface area contributed by atoms with Crippen molar-refractivity contribution in [2.45, 2.75) is 44.9 Å². The van der Waals surface area contributed by atoms with Crippen LogP contribution in [0.5, 0.6) is 0 Å². The van der Waals surface area contributed by atoms with Crippen molar-refractivity contribution in [1.82, 2.24) is 5.32 Å². The van der Waals surface area contributed by atoms with E-state index in [2.05, 4.69) is 10.3 Å². The molecule has 28 heavy (non-hydrogen) atoms. The third-order valence-corrected chi connectivity index (χ3v) is 7.42. The number of rotatable bonds is 5. The molecule has 6 rings (SSSR count). The number of hydrogen-bond acceptors (Lipinski definition) is 3. The van der Waals surface area contributed by atoms with Crippen LogP contribution in [0.15, 0.2) is 40.6 Å². The van der Waals surface area contributed by atoms with E-state index in [9.17, 15) is 9.59 Å². The number of carbonyl (C=O) groups excluding carboxylic acids is 2. The Morgan fingerprint density at radius 3 is 2.54 bits per heavy atom. The van der Waals surface area contributed by atoms with Crippen molar-refractivity contribution in [2.75, 3.05) is 13.7 Å². The highest BCUT2D eigenvalue weighted by molar-refractivity contribution is 6.13. The normalized spacial score (nSPS) is 37.8. The van der Waals surface area contributed by atoms with Gasteiger partial charge in [-0.15, -0.1) is 0 Å². The highest BCUT2D eigenvalue weighted by atomic mass is 16.5. The molecule has 1 N–H and O–H groups in total. The minimum Gasteiger partial charge on any atom is -0.497 e. The summed E-state index contributed by atoms with van der Waals surface area (Å²) in [7, 11) is 1.61. The summed E-state index contributed by atoms with van der Waals surface area (Å²) in [6, 6.07) is 0. The van der Waals surface area contributed by atoms with Gasteiger partial charge in [0.15, 0.2) is 0 Å². The second-order valence-corrected chi connectivity index (χ2v) is 9.37. The Bertz CT molecular complexity index is 798. The maximum absolute atomic E-state index is 13.0. The second kappa shape index (κ2) is 6.71. The van der Waals surface area contributed by atoms with Crippen LogP contribution in [-0.4, -0.2) is 31.2 Å². The zero-order valence-electron chi connectivity index (χ0n) is 16.4. The minimum absolute atomic E-state index is 0.0189. The molecule has 0 aromatic heterocycles. The summed E-state index contributed by atoms with van der Waals surface area (Å²) in [5.41, 5.74) is 1.29. The van der Waals surface area contributed by atoms with Crippen LogP contribution in [0.3, 0.4) is 0 Å². The van der Waals surface area contributed by atoms with Crippen LogP contribution < -0.4 is 5.32 Å². The molecule has 5 nitrogen and oxygen atoms in total. The van der Waals surface area contributed by atoms with Crippen molar-refractivity contribution in [3.8, 4) is 0 Å². The number of amides is 2. The fraction of sp³-hybridized carbons (Fsp3) is 0.609. The van der Waals surface area contributed by atoms with Crippen molar-refractivity contribution >= 4 is 17.5 Å². The molecular formula is C23H28N2O3. The van der Waals surface area contributed by atoms with Gasteiger partial charge in [0.1, 0.15) is 5.76 Å². The molecule has 0 aromatic rings. The van der Waals surface area contributed by atoms with E-state index in [0.29, 0.717) is 24.3 Å². The van der Waals surface area contributed by atoms with Crippen LogP contribution in [0.1, 0.15) is 44.9 Å². The number of hydrogen-bond donors (Lipinski definition) is 1. The lowest BCUT2D eigenvalue weighted by Crippen LogP contribution is -2.53. The molecule has 0 saturated heterocycles. The van der Waals surface area contributed by atoms with Gasteiger partial charge in [0, 0.05) is 29.5 Å². The maximum atomic E-state index is 13.0. The Morgan fingerprint density at radius 1 is 1.21 bits per heavy atom. The summed E-state index contributed by atoms with van der Waals surface area (Å²) in [5.74, 6) is 3.04. The van der Waals surface area contributed by atoms with E-state index in [-0.39, 0.29) is 23.1 Å². The van der Waals surface area contributed by atoms with Gasteiger partial charge in [-0.3, -0.25) is 9.59 Å². The number of dihydropyridines is 1. The summed E-state index contributed by atoms with van der Waals surface area (Å²) < 4.78 is 5.21. The van der Waals surface area contributed by atoms with Gasteiger partial charge in [0.05, 0.1) is 12.8 Å². The summed E-state index contributed by atoms with van der Waals surface area (Å²) in [6.07, 6.45) is 15.4. The van der Waals surface area contributed by atoms with Crippen LogP contribution in [0.25, 0.3) is 0 Å². The average molecular weight is 380 g/mol. The summed E-state index contributed by atoms with van der Waals surface area (Å²) >= 11 is 0. The first-order chi connectivity index (χ1) is 13.5. The zero-order valence-corrected chi connectivity index (χ0v) is 16.4. The first-order valence-electron chi connectivity index (χ1n) is 10.6. The first-order valence-corrected chi connectivity index (χ1v) is 10.6. The molecule has 5 aliphatic carbocycles. The van der Waals surface area contributed by atoms with Gasteiger partial charge in [0.25, 0.3) is 5.91 Å². The smallest absolute Gasteiger partial charge is 0.272 e. The first kappa shape index (κ1) is 17.9. The lowest BCUT2D eigenvalue weighted by atomic mass is 9.49. The third-order valence-electron chi connectivity index (χ3n) is 7.42. The number of nitrogens with one attached hydrogen (secondary N) is 1. The van der Waals surface area contributed by atoms with Gasteiger partial charge in [-0.1, -0.05) is 12.2 Å². The van der Waals surface area contributed by atoms with E-state index in [1.807, 2.05) is 24.3 Å². The molecule has 1 unspecified atom stereocenters. The molecule has 1 heterocycles. The molecule has 148 valence electrons. The molecular weight excluding hydrogens is 352 g/mol. The second-order valence-electron chi connectivity index (χ2n) is 9.37. The van der Waals surface area contributed by atoms with E-state index in [1.54, 1.807) is 7.11 Å². The lowest BCUT2D eigenvalue weighted by Gasteiger charge is -2.55. The lowest BCUT2D eigenvalue weighted by molar-refractivity contribution is -0.146. The number of nitrogens with zero attached hydrogens (tertiary/aromatic N) is 1. The number of aliphatic imine (C=N–C) groups is 1. The molecule has 4 fully saturated rings. The topological polar surface area (TPSA) is 67.8 Å². The average Bonchev–Trinajstić information content (AvgIpc) is 2.66. The molecule has 4 bridgehead atoms. The van der Waals surface area contributed by atoms with Crippen molar-refractivity contribution in [1.29, 1.82) is 0 Å². The molecule has 4 saturated carbocycles. The number of methoxy groups -OCH3 is 1. The van der Waals surface area contributed by atoms with Crippen molar-refractivity contribution in [3.63, 3.8) is 0 Å². The van der Waals surface area contributed by atoms with Crippen molar-refractivity contribution in [2.24, 2.45) is 34.1 Å². The summed E-state index contributed by atoms with van der Waals surface area (Å²) in [4.78, 5) is 29.6. The predicted octanol–water partition coefficient (Wildman–Crippen LogP) is 3.33. The third kappa shape index (κ3) is 3.05. The Hall–Kier alpha value is -2.17. The number of carbonyl (C=O) groups is 2. The summed E-state index contributed by atoms with van der Waals surface area (Å²) in [5, 5.41) is 3.17. The molecule has 5 heteroatoms. The van der Waals surface area contributed by atoms with Crippen molar-refractivity contribution < 1.29 is 14.3 Å². The molecule has 1 atom stereocenters. The van der Waals surface area contributed by atoms with Crippen molar-refractivity contribution in [3.05, 3.63) is 35.6 Å². The van der Waals surface area contributed by atoms with Crippen LogP contribution >= 0.6 is 0 Å². The molecule has 1 aliphatic heterocycles. The zero-order chi connectivity index (χ0) is 19.3. The van der Waals surface area contributed by atoms with E-state index in [4.69, 9.17) is 4.74 Å². The SMILES string of the molecule is COC1=CC2=NC(=O)C(CCNC(=O)C34CC5CC(CC(C5)C3)C4)=CC2C=C1. The fourth-order valence-electron chi connectivity index (χ4n) is 6.52. The molecule has 6 aliphatic rings. The van der Waals surface area contributed by atoms with Crippen LogP contribution in [0.2, 0.25) is 0 Å². The van der Waals surface area contributed by atoms with E-state index < -0.39 is 0 Å². The van der Waals surface area contributed by atoms with Gasteiger partial charge < -0.3 is 10.1 Å². The van der Waals surface area contributed by atoms with Gasteiger partial charge in [-0.2, -0.15) is 0 Å². The van der Waals surface area contributed by atoms with Gasteiger partial charge in [-0.05, 0) is 68.8 Å². The highest BCUT2D eigenvalue weighted by Crippen LogP contribution is 2.60.